The van der Waals surface area contributed by atoms with Gasteiger partial charge >= 0.3 is 96.1 Å². The molecule has 0 radical (unpaired) electrons. The van der Waals surface area contributed by atoms with Crippen LogP contribution in [0.25, 0.3) is 0 Å². The number of alkyl halides is 30. The molecule has 0 saturated carbocycles. The fraction of sp³-hybridized carbons (Fsp3) is 0.875. The molecule has 0 rings (SSSR count). The van der Waals surface area contributed by atoms with E-state index in [9.17, 15) is 141 Å². The molecule has 0 spiro atoms. The van der Waals surface area contributed by atoms with E-state index in [4.69, 9.17) is 0 Å². The van der Waals surface area contributed by atoms with Gasteiger partial charge in [-0.15, -0.1) is 0 Å². The third kappa shape index (κ3) is 6.72. The SMILES string of the molecule is O=C(OOC(=O)OC(F)(F)C(F)(F)C(F)(F)C(F)(F)C(F)(F)C(F)(F)C(F)(F)F)OC(F)(F)C(F)(F)C(F)(F)C(F)(F)C(F)(F)C(F)(F)C(F)(F)F. The first kappa shape index (κ1) is 48.4. The van der Waals surface area contributed by atoms with Gasteiger partial charge in [-0.25, -0.2) is 0 Å². The summed E-state index contributed by atoms with van der Waals surface area (Å²) >= 11 is 0. The zero-order chi connectivity index (χ0) is 43.0. The van der Waals surface area contributed by atoms with Crippen LogP contribution in [0.15, 0.2) is 0 Å². The predicted molar refractivity (Wildman–Crippen MR) is 86.6 cm³/mol. The summed E-state index contributed by atoms with van der Waals surface area (Å²) in [5.41, 5.74) is 0. The second-order valence-electron chi connectivity index (χ2n) is 8.64. The minimum Gasteiger partial charge on any atom is -0.361 e. The molecule has 52 heavy (non-hydrogen) atoms. The minimum absolute atomic E-state index is 1.65. The van der Waals surface area contributed by atoms with Crippen molar-refractivity contribution < 1.29 is 161 Å². The van der Waals surface area contributed by atoms with E-state index in [0.717, 1.165) is 0 Å². The lowest BCUT2D eigenvalue weighted by molar-refractivity contribution is -0.471. The first-order valence-electron chi connectivity index (χ1n) is 10.5. The van der Waals surface area contributed by atoms with Crippen molar-refractivity contribution in [2.24, 2.45) is 0 Å². The van der Waals surface area contributed by atoms with Gasteiger partial charge in [0, 0.05) is 0 Å². The summed E-state index contributed by atoms with van der Waals surface area (Å²) in [6.07, 6.45) is -41.1. The zero-order valence-corrected chi connectivity index (χ0v) is 21.8. The molecule has 0 aliphatic carbocycles. The normalized spacial score (nSPS) is 16.0. The van der Waals surface area contributed by atoms with E-state index in [0.29, 0.717) is 0 Å². The maximum Gasteiger partial charge on any atom is 0.554 e. The molecule has 0 unspecified atom stereocenters. The first-order chi connectivity index (χ1) is 22.0. The van der Waals surface area contributed by atoms with Gasteiger partial charge in [-0.2, -0.15) is 151 Å². The van der Waals surface area contributed by atoms with E-state index in [1.807, 2.05) is 0 Å². The van der Waals surface area contributed by atoms with Crippen LogP contribution in [-0.2, 0) is 19.2 Å². The molecular formula is C16F30O6. The largest absolute Gasteiger partial charge is 0.554 e. The second-order valence-corrected chi connectivity index (χ2v) is 8.64. The Morgan fingerprint density at radius 2 is 0.404 bits per heavy atom. The molecule has 0 aliphatic rings. The average Bonchev–Trinajstić information content (AvgIpc) is 2.88. The summed E-state index contributed by atoms with van der Waals surface area (Å²) < 4.78 is 392. The highest BCUT2D eigenvalue weighted by Crippen LogP contribution is 2.64. The van der Waals surface area contributed by atoms with E-state index in [-0.39, 0.29) is 0 Å². The van der Waals surface area contributed by atoms with Crippen LogP contribution in [0.4, 0.5) is 141 Å². The lowest BCUT2D eigenvalue weighted by atomic mass is 9.93. The molecule has 6 nitrogen and oxygen atoms in total. The Morgan fingerprint density at radius 3 is 0.577 bits per heavy atom. The molecule has 0 bridgehead atoms. The van der Waals surface area contributed by atoms with E-state index >= 15 is 0 Å². The highest BCUT2D eigenvalue weighted by atomic mass is 19.4. The van der Waals surface area contributed by atoms with Gasteiger partial charge in [0.2, 0.25) is 0 Å². The van der Waals surface area contributed by atoms with E-state index in [2.05, 4.69) is 9.78 Å². The molecule has 0 aromatic rings. The van der Waals surface area contributed by atoms with Crippen molar-refractivity contribution in [2.45, 2.75) is 83.8 Å². The number of halogens is 30. The average molecular weight is 858 g/mol. The number of carbonyl (C=O) groups is 2. The molecule has 0 aromatic carbocycles. The highest BCUT2D eigenvalue weighted by molar-refractivity contribution is 5.64. The number of hydrogen-bond donors (Lipinski definition) is 0. The van der Waals surface area contributed by atoms with Crippen molar-refractivity contribution in [3.63, 3.8) is 0 Å². The van der Waals surface area contributed by atoms with Crippen molar-refractivity contribution in [3.8, 4) is 0 Å². The van der Waals surface area contributed by atoms with Crippen LogP contribution in [0.2, 0.25) is 0 Å². The standard InChI is InChI=1S/C16F30O6/c17-3(18,5(21,22)9(29,30)13(37,38)39)7(25,26)11(33,34)15(43,44)49-1(47)51-52-2(48)50-16(45,46)12(35,36)8(27,28)4(19,20)6(23,24)10(31,32)14(40,41)42. The Hall–Kier alpha value is -3.56. The van der Waals surface area contributed by atoms with Gasteiger partial charge in [-0.1, -0.05) is 0 Å². The van der Waals surface area contributed by atoms with Gasteiger partial charge in [0.05, 0.1) is 0 Å². The molecule has 310 valence electrons. The van der Waals surface area contributed by atoms with Crippen molar-refractivity contribution >= 4 is 12.3 Å². The molecule has 0 fully saturated rings. The monoisotopic (exact) mass is 858 g/mol. The molecule has 36 heteroatoms. The maximum absolute atomic E-state index is 13.5. The summed E-state index contributed by atoms with van der Waals surface area (Å²) in [6, 6.07) is 0. The molecule has 0 aromatic heterocycles. The van der Waals surface area contributed by atoms with Crippen LogP contribution in [0.3, 0.4) is 0 Å². The maximum atomic E-state index is 13.5. The molecular weight excluding hydrogens is 858 g/mol. The van der Waals surface area contributed by atoms with Crippen LogP contribution in [0.5, 0.6) is 0 Å². The van der Waals surface area contributed by atoms with Crippen LogP contribution < -0.4 is 0 Å². The number of carbonyl (C=O) groups excluding carboxylic acids is 2. The lowest BCUT2D eigenvalue weighted by Crippen LogP contribution is -2.73. The topological polar surface area (TPSA) is 71.1 Å². The van der Waals surface area contributed by atoms with E-state index < -0.39 is 96.1 Å². The Bertz CT molecular complexity index is 1220. The van der Waals surface area contributed by atoms with Gasteiger partial charge < -0.3 is 9.47 Å². The summed E-state index contributed by atoms with van der Waals surface area (Å²) in [5.74, 6) is -88.1. The summed E-state index contributed by atoms with van der Waals surface area (Å²) in [5, 5.41) is 0. The van der Waals surface area contributed by atoms with Crippen LogP contribution in [-0.4, -0.2) is 96.1 Å². The Morgan fingerprint density at radius 1 is 0.250 bits per heavy atom. The minimum atomic E-state index is -9.01. The fourth-order valence-corrected chi connectivity index (χ4v) is 2.34. The third-order valence-electron chi connectivity index (χ3n) is 5.20. The molecule has 0 saturated heterocycles. The predicted octanol–water partition coefficient (Wildman–Crippen LogP) is 9.87. The van der Waals surface area contributed by atoms with Gasteiger partial charge in [0.15, 0.2) is 0 Å². The Labute approximate surface area is 258 Å². The Kier molecular flexibility index (Phi) is 11.7. The van der Waals surface area contributed by atoms with Gasteiger partial charge in [0.25, 0.3) is 0 Å². The lowest BCUT2D eigenvalue weighted by Gasteiger charge is -2.40. The molecule has 0 heterocycles. The number of rotatable bonds is 12. The Balaban J connectivity index is 6.25. The quantitative estimate of drug-likeness (QED) is 0.0843. The zero-order valence-electron chi connectivity index (χ0n) is 21.8. The van der Waals surface area contributed by atoms with Crippen molar-refractivity contribution in [1.82, 2.24) is 0 Å². The molecule has 0 aliphatic heterocycles. The van der Waals surface area contributed by atoms with Gasteiger partial charge in [-0.05, 0) is 0 Å². The van der Waals surface area contributed by atoms with Crippen LogP contribution in [0.1, 0.15) is 0 Å². The molecule has 0 amide bonds. The summed E-state index contributed by atoms with van der Waals surface area (Å²) in [6.45, 7) is 0. The second kappa shape index (κ2) is 12.5. The van der Waals surface area contributed by atoms with Crippen molar-refractivity contribution in [1.29, 1.82) is 0 Å². The first-order valence-corrected chi connectivity index (χ1v) is 10.5. The van der Waals surface area contributed by atoms with Crippen LogP contribution >= 0.6 is 0 Å². The number of ether oxygens (including phenoxy) is 2. The highest BCUT2D eigenvalue weighted by Gasteiger charge is 2.96. The van der Waals surface area contributed by atoms with Crippen molar-refractivity contribution in [2.75, 3.05) is 0 Å². The third-order valence-corrected chi connectivity index (χ3v) is 5.20. The molecule has 0 atom stereocenters. The summed E-state index contributed by atoms with van der Waals surface area (Å²) in [4.78, 5) is 25.7. The van der Waals surface area contributed by atoms with Crippen LogP contribution in [0, 0.1) is 0 Å². The van der Waals surface area contributed by atoms with Gasteiger partial charge in [-0.3, -0.25) is 0 Å². The van der Waals surface area contributed by atoms with Gasteiger partial charge in [0.1, 0.15) is 0 Å². The molecule has 0 N–H and O–H groups in total. The smallest absolute Gasteiger partial charge is 0.361 e. The van der Waals surface area contributed by atoms with E-state index in [1.165, 1.54) is 0 Å². The van der Waals surface area contributed by atoms with E-state index in [1.54, 1.807) is 9.47 Å². The number of hydrogen-bond acceptors (Lipinski definition) is 6. The van der Waals surface area contributed by atoms with Crippen molar-refractivity contribution in [3.05, 3.63) is 0 Å². The fourth-order valence-electron chi connectivity index (χ4n) is 2.34. The summed E-state index contributed by atoms with van der Waals surface area (Å²) in [7, 11) is 0.